The van der Waals surface area contributed by atoms with Gasteiger partial charge in [0.15, 0.2) is 0 Å². The number of sulfonamides is 1. The van der Waals surface area contributed by atoms with E-state index in [9.17, 15) is 8.42 Å². The van der Waals surface area contributed by atoms with Crippen LogP contribution in [0.15, 0.2) is 23.2 Å². The molecule has 3 rings (SSSR count). The highest BCUT2D eigenvalue weighted by molar-refractivity contribution is 7.89. The van der Waals surface area contributed by atoms with E-state index in [-0.39, 0.29) is 22.1 Å². The Bertz CT molecular complexity index is 738. The first-order valence-corrected chi connectivity index (χ1v) is 10.6. The molecule has 146 valence electrons. The maximum atomic E-state index is 12.8. The van der Waals surface area contributed by atoms with Gasteiger partial charge in [-0.05, 0) is 53.3 Å². The highest BCUT2D eigenvalue weighted by atomic mass is 32.2. The largest absolute Gasteiger partial charge is 0.367 e. The first-order valence-electron chi connectivity index (χ1n) is 9.11. The lowest BCUT2D eigenvalue weighted by Gasteiger charge is -2.31. The number of nitrogens with zero attached hydrogens (tertiary/aromatic N) is 3. The molecule has 2 aliphatic rings. The number of aromatic nitrogens is 1. The predicted molar refractivity (Wildman–Crippen MR) is 102 cm³/mol. The Morgan fingerprint density at radius 2 is 1.81 bits per heavy atom. The fourth-order valence-corrected chi connectivity index (χ4v) is 5.13. The second-order valence-electron chi connectivity index (χ2n) is 8.45. The lowest BCUT2D eigenvalue weighted by molar-refractivity contribution is -0.0662. The number of hydrogen-bond acceptors (Lipinski definition) is 6. The molecule has 2 saturated heterocycles. The zero-order valence-corrected chi connectivity index (χ0v) is 17.1. The predicted octanol–water partition coefficient (Wildman–Crippen LogP) is 1.78. The van der Waals surface area contributed by atoms with Crippen molar-refractivity contribution < 1.29 is 13.2 Å². The summed E-state index contributed by atoms with van der Waals surface area (Å²) >= 11 is 0. The van der Waals surface area contributed by atoms with Gasteiger partial charge in [-0.1, -0.05) is 0 Å². The Kier molecular flexibility index (Phi) is 5.07. The van der Waals surface area contributed by atoms with Crippen molar-refractivity contribution in [1.82, 2.24) is 14.2 Å². The van der Waals surface area contributed by atoms with Crippen LogP contribution >= 0.6 is 0 Å². The molecule has 1 N–H and O–H groups in total. The summed E-state index contributed by atoms with van der Waals surface area (Å²) in [5.74, 6) is 0.668. The number of pyridine rings is 1. The van der Waals surface area contributed by atoms with E-state index in [1.165, 1.54) is 10.5 Å². The molecule has 1 aromatic heterocycles. The van der Waals surface area contributed by atoms with Gasteiger partial charge in [0.25, 0.3) is 0 Å². The number of rotatable bonds is 4. The van der Waals surface area contributed by atoms with Crippen molar-refractivity contribution in [1.29, 1.82) is 0 Å². The van der Waals surface area contributed by atoms with E-state index in [0.29, 0.717) is 18.9 Å². The molecule has 0 aromatic carbocycles. The normalized spacial score (nSPS) is 26.7. The summed E-state index contributed by atoms with van der Waals surface area (Å²) < 4.78 is 33.2. The fourth-order valence-electron chi connectivity index (χ4n) is 3.76. The summed E-state index contributed by atoms with van der Waals surface area (Å²) in [5, 5.41) is 3.40. The molecule has 1 aromatic rings. The van der Waals surface area contributed by atoms with Crippen LogP contribution in [-0.4, -0.2) is 73.1 Å². The Hall–Kier alpha value is -1.22. The van der Waals surface area contributed by atoms with Gasteiger partial charge in [-0.15, -0.1) is 0 Å². The van der Waals surface area contributed by atoms with Crippen molar-refractivity contribution in [3.05, 3.63) is 18.3 Å². The van der Waals surface area contributed by atoms with Crippen LogP contribution in [0.4, 0.5) is 5.82 Å². The fraction of sp³-hybridized carbons (Fsp3) is 0.722. The molecular weight excluding hydrogens is 352 g/mol. The average molecular weight is 383 g/mol. The molecule has 1 atom stereocenters. The molecule has 2 fully saturated rings. The highest BCUT2D eigenvalue weighted by Gasteiger charge is 2.46. The van der Waals surface area contributed by atoms with Gasteiger partial charge in [0.1, 0.15) is 10.7 Å². The van der Waals surface area contributed by atoms with E-state index < -0.39 is 10.0 Å². The smallest absolute Gasteiger partial charge is 0.244 e. The van der Waals surface area contributed by atoms with Gasteiger partial charge >= 0.3 is 0 Å². The van der Waals surface area contributed by atoms with Gasteiger partial charge < -0.3 is 15.0 Å². The van der Waals surface area contributed by atoms with Gasteiger partial charge in [-0.3, -0.25) is 0 Å². The van der Waals surface area contributed by atoms with Crippen LogP contribution in [0.1, 0.15) is 34.1 Å². The van der Waals surface area contributed by atoms with Crippen LogP contribution in [0.2, 0.25) is 0 Å². The maximum Gasteiger partial charge on any atom is 0.244 e. The van der Waals surface area contributed by atoms with E-state index in [1.54, 1.807) is 12.1 Å². The molecule has 2 aliphatic heterocycles. The average Bonchev–Trinajstić information content (AvgIpc) is 2.75. The van der Waals surface area contributed by atoms with Crippen molar-refractivity contribution in [3.63, 3.8) is 0 Å². The lowest BCUT2D eigenvalue weighted by Crippen LogP contribution is -2.47. The molecule has 0 spiro atoms. The molecule has 0 bridgehead atoms. The Labute approximate surface area is 156 Å². The summed E-state index contributed by atoms with van der Waals surface area (Å²) in [5.41, 5.74) is -0.498. The Balaban J connectivity index is 1.71. The highest BCUT2D eigenvalue weighted by Crippen LogP contribution is 2.38. The molecule has 0 aliphatic carbocycles. The van der Waals surface area contributed by atoms with Gasteiger partial charge in [0.05, 0.1) is 17.2 Å². The van der Waals surface area contributed by atoms with Crippen LogP contribution < -0.4 is 5.32 Å². The second kappa shape index (κ2) is 6.74. The molecular formula is C18H30N4O3S. The molecule has 3 heterocycles. The standard InChI is InChI=1S/C18H30N4O3S/c1-17(2)12-15(18(3,4)25-17)20-16-7-6-14(13-19-16)26(23,24)22-10-8-21(5)9-11-22/h6-7,13,15H,8-12H2,1-5H3,(H,19,20). The van der Waals surface area contributed by atoms with Crippen molar-refractivity contribution in [2.24, 2.45) is 0 Å². The summed E-state index contributed by atoms with van der Waals surface area (Å²) in [6.45, 7) is 10.8. The lowest BCUT2D eigenvalue weighted by atomic mass is 9.94. The quantitative estimate of drug-likeness (QED) is 0.856. The van der Waals surface area contributed by atoms with Crippen molar-refractivity contribution >= 4 is 15.8 Å². The number of ether oxygens (including phenoxy) is 1. The van der Waals surface area contributed by atoms with Crippen LogP contribution in [0, 0.1) is 0 Å². The molecule has 26 heavy (non-hydrogen) atoms. The number of hydrogen-bond donors (Lipinski definition) is 1. The van der Waals surface area contributed by atoms with Gasteiger partial charge in [0, 0.05) is 32.4 Å². The molecule has 8 heteroatoms. The van der Waals surface area contributed by atoms with Gasteiger partial charge in [-0.2, -0.15) is 4.31 Å². The number of likely N-dealkylation sites (N-methyl/N-ethyl adjacent to an activating group) is 1. The molecule has 7 nitrogen and oxygen atoms in total. The first kappa shape index (κ1) is 19.5. The van der Waals surface area contributed by atoms with E-state index in [4.69, 9.17) is 4.74 Å². The van der Waals surface area contributed by atoms with Gasteiger partial charge in [-0.25, -0.2) is 13.4 Å². The van der Waals surface area contributed by atoms with Crippen LogP contribution in [-0.2, 0) is 14.8 Å². The minimum absolute atomic E-state index is 0.116. The molecule has 0 radical (unpaired) electrons. The maximum absolute atomic E-state index is 12.8. The van der Waals surface area contributed by atoms with E-state index in [2.05, 4.69) is 42.9 Å². The third kappa shape index (κ3) is 4.03. The molecule has 0 saturated carbocycles. The van der Waals surface area contributed by atoms with Crippen LogP contribution in [0.25, 0.3) is 0 Å². The molecule has 1 unspecified atom stereocenters. The summed E-state index contributed by atoms with van der Waals surface area (Å²) in [7, 11) is -1.48. The van der Waals surface area contributed by atoms with Crippen molar-refractivity contribution in [3.8, 4) is 0 Å². The van der Waals surface area contributed by atoms with E-state index in [0.717, 1.165) is 19.5 Å². The zero-order chi connectivity index (χ0) is 19.2. The number of anilines is 1. The summed E-state index contributed by atoms with van der Waals surface area (Å²) in [6.07, 6.45) is 2.31. The van der Waals surface area contributed by atoms with Crippen LogP contribution in [0.3, 0.4) is 0 Å². The number of nitrogens with one attached hydrogen (secondary N) is 1. The summed E-state index contributed by atoms with van der Waals surface area (Å²) in [4.78, 5) is 6.72. The Morgan fingerprint density at radius 3 is 2.31 bits per heavy atom. The first-order chi connectivity index (χ1) is 12.0. The minimum atomic E-state index is -3.48. The monoisotopic (exact) mass is 382 g/mol. The van der Waals surface area contributed by atoms with Crippen molar-refractivity contribution in [2.75, 3.05) is 38.5 Å². The second-order valence-corrected chi connectivity index (χ2v) is 10.4. The SMILES string of the molecule is CN1CCN(S(=O)(=O)c2ccc(NC3CC(C)(C)OC3(C)C)nc2)CC1. The minimum Gasteiger partial charge on any atom is -0.367 e. The Morgan fingerprint density at radius 1 is 1.15 bits per heavy atom. The third-order valence-electron chi connectivity index (χ3n) is 5.23. The van der Waals surface area contributed by atoms with Gasteiger partial charge in [0.2, 0.25) is 10.0 Å². The number of piperazine rings is 1. The van der Waals surface area contributed by atoms with E-state index >= 15 is 0 Å². The molecule has 0 amide bonds. The van der Waals surface area contributed by atoms with Crippen molar-refractivity contribution in [2.45, 2.75) is 56.3 Å². The zero-order valence-electron chi connectivity index (χ0n) is 16.3. The third-order valence-corrected chi connectivity index (χ3v) is 7.11. The topological polar surface area (TPSA) is 74.8 Å². The van der Waals surface area contributed by atoms with E-state index in [1.807, 2.05) is 7.05 Å². The van der Waals surface area contributed by atoms with Crippen LogP contribution in [0.5, 0.6) is 0 Å². The summed E-state index contributed by atoms with van der Waals surface area (Å²) in [6, 6.07) is 3.49.